The molecular formula is C22H20FNO4. The molecule has 0 spiro atoms. The predicted octanol–water partition coefficient (Wildman–Crippen LogP) is 4.02. The Morgan fingerprint density at radius 3 is 2.32 bits per heavy atom. The third-order valence-corrected chi connectivity index (χ3v) is 4.37. The van der Waals surface area contributed by atoms with Crippen LogP contribution in [0.5, 0.6) is 5.75 Å². The molecule has 5 nitrogen and oxygen atoms in total. The minimum atomic E-state index is -0.646. The van der Waals surface area contributed by atoms with Gasteiger partial charge in [-0.3, -0.25) is 4.79 Å². The van der Waals surface area contributed by atoms with Gasteiger partial charge in [0.25, 0.3) is 5.91 Å². The van der Waals surface area contributed by atoms with Crippen molar-refractivity contribution in [2.45, 2.75) is 13.0 Å². The Bertz CT molecular complexity index is 1000. The number of fused-ring (bicyclic) bond motifs is 1. The van der Waals surface area contributed by atoms with Gasteiger partial charge in [0, 0.05) is 0 Å². The van der Waals surface area contributed by atoms with Crippen molar-refractivity contribution in [3.8, 4) is 5.75 Å². The Hall–Kier alpha value is -3.41. The van der Waals surface area contributed by atoms with E-state index in [9.17, 15) is 14.0 Å². The molecule has 0 saturated carbocycles. The molecule has 0 bridgehead atoms. The Morgan fingerprint density at radius 1 is 1.04 bits per heavy atom. The third kappa shape index (κ3) is 4.46. The van der Waals surface area contributed by atoms with Gasteiger partial charge in [0.15, 0.2) is 6.61 Å². The van der Waals surface area contributed by atoms with Gasteiger partial charge in [-0.25, -0.2) is 9.18 Å². The molecule has 1 amide bonds. The summed E-state index contributed by atoms with van der Waals surface area (Å²) < 4.78 is 23.4. The Balaban J connectivity index is 1.64. The molecule has 0 fully saturated rings. The molecule has 3 aromatic carbocycles. The fourth-order valence-corrected chi connectivity index (χ4v) is 2.87. The van der Waals surface area contributed by atoms with Crippen LogP contribution in [-0.2, 0) is 9.53 Å². The molecule has 0 aromatic heterocycles. The van der Waals surface area contributed by atoms with Gasteiger partial charge in [0.2, 0.25) is 0 Å². The van der Waals surface area contributed by atoms with E-state index in [-0.39, 0.29) is 17.4 Å². The predicted molar refractivity (Wildman–Crippen MR) is 104 cm³/mol. The number of hydrogen-bond donors (Lipinski definition) is 1. The number of nitrogens with one attached hydrogen (secondary N) is 1. The number of hydrogen-bond acceptors (Lipinski definition) is 4. The molecule has 144 valence electrons. The lowest BCUT2D eigenvalue weighted by Gasteiger charge is -2.15. The first-order valence-electron chi connectivity index (χ1n) is 8.76. The lowest BCUT2D eigenvalue weighted by atomic mass is 10.1. The highest BCUT2D eigenvalue weighted by Gasteiger charge is 2.17. The second-order valence-electron chi connectivity index (χ2n) is 6.32. The highest BCUT2D eigenvalue weighted by Crippen LogP contribution is 2.26. The van der Waals surface area contributed by atoms with Crippen molar-refractivity contribution >= 4 is 22.6 Å². The van der Waals surface area contributed by atoms with Crippen LogP contribution in [0.25, 0.3) is 10.8 Å². The van der Waals surface area contributed by atoms with Crippen LogP contribution in [0, 0.1) is 5.82 Å². The van der Waals surface area contributed by atoms with Crippen molar-refractivity contribution in [3.63, 3.8) is 0 Å². The molecule has 3 aromatic rings. The Labute approximate surface area is 162 Å². The van der Waals surface area contributed by atoms with Gasteiger partial charge in [-0.15, -0.1) is 0 Å². The maximum Gasteiger partial charge on any atom is 0.342 e. The SMILES string of the molecule is COc1cc2ccccc2cc1C(=O)OCC(=O)N[C@H](C)c1ccc(F)cc1. The average molecular weight is 381 g/mol. The summed E-state index contributed by atoms with van der Waals surface area (Å²) in [5, 5.41) is 4.51. The molecule has 28 heavy (non-hydrogen) atoms. The average Bonchev–Trinajstić information content (AvgIpc) is 2.71. The Kier molecular flexibility index (Phi) is 5.89. The first-order chi connectivity index (χ1) is 13.5. The summed E-state index contributed by atoms with van der Waals surface area (Å²) in [7, 11) is 1.47. The van der Waals surface area contributed by atoms with E-state index in [0.717, 1.165) is 16.3 Å². The van der Waals surface area contributed by atoms with E-state index in [0.29, 0.717) is 5.75 Å². The van der Waals surface area contributed by atoms with Crippen molar-refractivity contribution in [1.82, 2.24) is 5.32 Å². The van der Waals surface area contributed by atoms with Crippen molar-refractivity contribution in [3.05, 3.63) is 77.6 Å². The van der Waals surface area contributed by atoms with Crippen LogP contribution < -0.4 is 10.1 Å². The minimum absolute atomic E-state index is 0.251. The van der Waals surface area contributed by atoms with E-state index in [1.807, 2.05) is 24.3 Å². The van der Waals surface area contributed by atoms with Gasteiger partial charge in [-0.1, -0.05) is 36.4 Å². The number of methoxy groups -OCH3 is 1. The number of ether oxygens (including phenoxy) is 2. The van der Waals surface area contributed by atoms with Crippen molar-refractivity contribution < 1.29 is 23.5 Å². The van der Waals surface area contributed by atoms with Crippen LogP contribution in [0.2, 0.25) is 0 Å². The third-order valence-electron chi connectivity index (χ3n) is 4.37. The molecule has 0 aliphatic heterocycles. The first kappa shape index (κ1) is 19.4. The maximum absolute atomic E-state index is 13.0. The van der Waals surface area contributed by atoms with Crippen LogP contribution in [0.4, 0.5) is 4.39 Å². The number of rotatable bonds is 6. The number of halogens is 1. The zero-order valence-corrected chi connectivity index (χ0v) is 15.6. The number of carbonyl (C=O) groups excluding carboxylic acids is 2. The fraction of sp³-hybridized carbons (Fsp3) is 0.182. The summed E-state index contributed by atoms with van der Waals surface area (Å²) in [6, 6.07) is 16.5. The second-order valence-corrected chi connectivity index (χ2v) is 6.32. The Morgan fingerprint density at radius 2 is 1.68 bits per heavy atom. The van der Waals surface area contributed by atoms with E-state index in [4.69, 9.17) is 9.47 Å². The summed E-state index contributed by atoms with van der Waals surface area (Å²) in [6.45, 7) is 1.33. The van der Waals surface area contributed by atoms with E-state index >= 15 is 0 Å². The zero-order valence-electron chi connectivity index (χ0n) is 15.6. The summed E-state index contributed by atoms with van der Waals surface area (Å²) in [4.78, 5) is 24.5. The van der Waals surface area contributed by atoms with Crippen molar-refractivity contribution in [2.75, 3.05) is 13.7 Å². The smallest absolute Gasteiger partial charge is 0.342 e. The van der Waals surface area contributed by atoms with Crippen molar-refractivity contribution in [2.24, 2.45) is 0 Å². The minimum Gasteiger partial charge on any atom is -0.496 e. The molecule has 1 N–H and O–H groups in total. The summed E-state index contributed by atoms with van der Waals surface area (Å²) in [5.41, 5.74) is 0.998. The molecule has 0 heterocycles. The zero-order chi connectivity index (χ0) is 20.1. The highest BCUT2D eigenvalue weighted by molar-refractivity contribution is 5.99. The quantitative estimate of drug-likeness (QED) is 0.655. The van der Waals surface area contributed by atoms with Crippen LogP contribution in [0.15, 0.2) is 60.7 Å². The molecule has 3 rings (SSSR count). The number of carbonyl (C=O) groups is 2. The molecule has 0 aliphatic carbocycles. The largest absolute Gasteiger partial charge is 0.496 e. The standard InChI is InChI=1S/C22H20FNO4/c1-14(15-7-9-18(23)10-8-15)24-21(25)13-28-22(26)19-11-16-5-3-4-6-17(16)12-20(19)27-2/h3-12,14H,13H2,1-2H3,(H,24,25)/t14-/m1/s1. The number of esters is 1. The fourth-order valence-electron chi connectivity index (χ4n) is 2.87. The normalized spacial score (nSPS) is 11.7. The molecule has 6 heteroatoms. The van der Waals surface area contributed by atoms with Crippen LogP contribution in [-0.4, -0.2) is 25.6 Å². The number of amides is 1. The van der Waals surface area contributed by atoms with Gasteiger partial charge in [-0.2, -0.15) is 0 Å². The van der Waals surface area contributed by atoms with Gasteiger partial charge in [-0.05, 0) is 47.5 Å². The van der Waals surface area contributed by atoms with E-state index < -0.39 is 18.5 Å². The topological polar surface area (TPSA) is 64.6 Å². The first-order valence-corrected chi connectivity index (χ1v) is 8.76. The molecule has 0 aliphatic rings. The van der Waals surface area contributed by atoms with Crippen LogP contribution >= 0.6 is 0 Å². The van der Waals surface area contributed by atoms with Gasteiger partial charge in [0.1, 0.15) is 17.1 Å². The summed E-state index contributed by atoms with van der Waals surface area (Å²) >= 11 is 0. The summed E-state index contributed by atoms with van der Waals surface area (Å²) in [6.07, 6.45) is 0. The number of benzene rings is 3. The molecule has 1 atom stereocenters. The van der Waals surface area contributed by atoms with Gasteiger partial charge < -0.3 is 14.8 Å². The van der Waals surface area contributed by atoms with E-state index in [2.05, 4.69) is 5.32 Å². The molecular weight excluding hydrogens is 361 g/mol. The lowest BCUT2D eigenvalue weighted by Crippen LogP contribution is -2.31. The van der Waals surface area contributed by atoms with Gasteiger partial charge in [0.05, 0.1) is 13.2 Å². The van der Waals surface area contributed by atoms with Crippen LogP contribution in [0.3, 0.4) is 0 Å². The van der Waals surface area contributed by atoms with Gasteiger partial charge >= 0.3 is 5.97 Å². The molecule has 0 unspecified atom stereocenters. The van der Waals surface area contributed by atoms with Crippen LogP contribution in [0.1, 0.15) is 28.9 Å². The van der Waals surface area contributed by atoms with E-state index in [1.165, 1.54) is 19.2 Å². The summed E-state index contributed by atoms with van der Waals surface area (Å²) in [5.74, 6) is -1.07. The lowest BCUT2D eigenvalue weighted by molar-refractivity contribution is -0.124. The second kappa shape index (κ2) is 8.52. The molecule has 0 radical (unpaired) electrons. The van der Waals surface area contributed by atoms with E-state index in [1.54, 1.807) is 31.2 Å². The monoisotopic (exact) mass is 381 g/mol. The maximum atomic E-state index is 13.0. The molecule has 0 saturated heterocycles. The highest BCUT2D eigenvalue weighted by atomic mass is 19.1. The van der Waals surface area contributed by atoms with Crippen molar-refractivity contribution in [1.29, 1.82) is 0 Å².